The van der Waals surface area contributed by atoms with Gasteiger partial charge in [-0.1, -0.05) is 0 Å². The quantitative estimate of drug-likeness (QED) is 0.733. The lowest BCUT2D eigenvalue weighted by Gasteiger charge is -2.04. The maximum absolute atomic E-state index is 11.6. The number of pyridine rings is 1. The van der Waals surface area contributed by atoms with E-state index in [0.29, 0.717) is 24.4 Å². The van der Waals surface area contributed by atoms with Crippen molar-refractivity contribution in [3.8, 4) is 6.07 Å². The number of nitrogens with zero attached hydrogens (tertiary/aromatic N) is 2. The van der Waals surface area contributed by atoms with E-state index in [-0.39, 0.29) is 12.3 Å². The first-order chi connectivity index (χ1) is 7.77. The Kier molecular flexibility index (Phi) is 4.96. The van der Waals surface area contributed by atoms with Crippen LogP contribution < -0.4 is 5.32 Å². The number of nitrogens with one attached hydrogen (secondary N) is 1. The molecule has 0 saturated carbocycles. The van der Waals surface area contributed by atoms with E-state index in [1.165, 1.54) is 6.20 Å². The highest BCUT2D eigenvalue weighted by Crippen LogP contribution is 2.02. The molecule has 1 aromatic rings. The standard InChI is InChI=1S/C11H13N3O2/c1-16-7-6-14-11(15)9-3-5-13-10(8-9)2-4-12/h3,5,8H,2,6-7H2,1H3,(H,14,15). The number of hydrogen-bond donors (Lipinski definition) is 1. The van der Waals surface area contributed by atoms with Gasteiger partial charge in [0.15, 0.2) is 0 Å². The van der Waals surface area contributed by atoms with Gasteiger partial charge in [-0.15, -0.1) is 0 Å². The van der Waals surface area contributed by atoms with Crippen molar-refractivity contribution in [1.29, 1.82) is 5.26 Å². The average molecular weight is 219 g/mol. The van der Waals surface area contributed by atoms with E-state index < -0.39 is 0 Å². The minimum Gasteiger partial charge on any atom is -0.383 e. The Hall–Kier alpha value is -1.93. The van der Waals surface area contributed by atoms with Crippen LogP contribution in [-0.4, -0.2) is 31.2 Å². The maximum atomic E-state index is 11.6. The van der Waals surface area contributed by atoms with E-state index in [1.54, 1.807) is 19.2 Å². The summed E-state index contributed by atoms with van der Waals surface area (Å²) in [5, 5.41) is 11.2. The van der Waals surface area contributed by atoms with Gasteiger partial charge in [0.1, 0.15) is 0 Å². The third kappa shape index (κ3) is 3.67. The molecule has 16 heavy (non-hydrogen) atoms. The minimum absolute atomic E-state index is 0.182. The van der Waals surface area contributed by atoms with Crippen LogP contribution >= 0.6 is 0 Å². The number of rotatable bonds is 5. The molecule has 0 unspecified atom stereocenters. The van der Waals surface area contributed by atoms with Crippen LogP contribution in [0.3, 0.4) is 0 Å². The molecule has 1 heterocycles. The Morgan fingerprint density at radius 3 is 3.19 bits per heavy atom. The summed E-state index contributed by atoms with van der Waals surface area (Å²) >= 11 is 0. The Morgan fingerprint density at radius 2 is 2.50 bits per heavy atom. The molecule has 0 aromatic carbocycles. The number of carbonyl (C=O) groups is 1. The number of methoxy groups -OCH3 is 1. The molecular formula is C11H13N3O2. The molecule has 0 fully saturated rings. The summed E-state index contributed by atoms with van der Waals surface area (Å²) in [6.45, 7) is 0.938. The van der Waals surface area contributed by atoms with Crippen LogP contribution in [0.25, 0.3) is 0 Å². The fourth-order valence-corrected chi connectivity index (χ4v) is 1.17. The minimum atomic E-state index is -0.182. The highest BCUT2D eigenvalue weighted by molar-refractivity contribution is 5.94. The fraction of sp³-hybridized carbons (Fsp3) is 0.364. The highest BCUT2D eigenvalue weighted by atomic mass is 16.5. The van der Waals surface area contributed by atoms with Gasteiger partial charge in [0, 0.05) is 25.4 Å². The van der Waals surface area contributed by atoms with Crippen LogP contribution in [0.2, 0.25) is 0 Å². The topological polar surface area (TPSA) is 75.0 Å². The first kappa shape index (κ1) is 12.1. The second kappa shape index (κ2) is 6.53. The van der Waals surface area contributed by atoms with Crippen LogP contribution in [0.4, 0.5) is 0 Å². The second-order valence-electron chi connectivity index (χ2n) is 3.12. The molecule has 5 nitrogen and oxygen atoms in total. The number of ether oxygens (including phenoxy) is 1. The molecule has 0 atom stereocenters. The average Bonchev–Trinajstić information content (AvgIpc) is 2.30. The number of hydrogen-bond acceptors (Lipinski definition) is 4. The largest absolute Gasteiger partial charge is 0.383 e. The molecule has 1 amide bonds. The molecule has 0 saturated heterocycles. The molecule has 0 aliphatic carbocycles. The van der Waals surface area contributed by atoms with Gasteiger partial charge in [0.2, 0.25) is 0 Å². The number of aromatic nitrogens is 1. The van der Waals surface area contributed by atoms with E-state index in [4.69, 9.17) is 10.00 Å². The lowest BCUT2D eigenvalue weighted by molar-refractivity contribution is 0.0937. The molecule has 0 spiro atoms. The smallest absolute Gasteiger partial charge is 0.251 e. The van der Waals surface area contributed by atoms with Gasteiger partial charge < -0.3 is 10.1 Å². The fourth-order valence-electron chi connectivity index (χ4n) is 1.17. The summed E-state index contributed by atoms with van der Waals surface area (Å²) in [7, 11) is 1.57. The monoisotopic (exact) mass is 219 g/mol. The zero-order chi connectivity index (χ0) is 11.8. The zero-order valence-electron chi connectivity index (χ0n) is 9.06. The third-order valence-electron chi connectivity index (χ3n) is 1.93. The van der Waals surface area contributed by atoms with Crippen molar-refractivity contribution < 1.29 is 9.53 Å². The summed E-state index contributed by atoms with van der Waals surface area (Å²) in [5.41, 5.74) is 1.11. The molecule has 0 aliphatic rings. The number of nitriles is 1. The first-order valence-electron chi connectivity index (χ1n) is 4.87. The van der Waals surface area contributed by atoms with Gasteiger partial charge in [-0.25, -0.2) is 0 Å². The van der Waals surface area contributed by atoms with Crippen LogP contribution in [0.15, 0.2) is 18.3 Å². The SMILES string of the molecule is COCCNC(=O)c1ccnc(CC#N)c1. The van der Waals surface area contributed by atoms with Gasteiger partial charge in [-0.05, 0) is 12.1 Å². The summed E-state index contributed by atoms with van der Waals surface area (Å²) in [5.74, 6) is -0.182. The Balaban J connectivity index is 2.61. The maximum Gasteiger partial charge on any atom is 0.251 e. The molecule has 0 bridgehead atoms. The van der Waals surface area contributed by atoms with E-state index in [0.717, 1.165) is 0 Å². The molecule has 5 heteroatoms. The highest BCUT2D eigenvalue weighted by Gasteiger charge is 2.05. The third-order valence-corrected chi connectivity index (χ3v) is 1.93. The predicted octanol–water partition coefficient (Wildman–Crippen LogP) is 0.524. The van der Waals surface area contributed by atoms with Crippen molar-refractivity contribution in [2.45, 2.75) is 6.42 Å². The van der Waals surface area contributed by atoms with Crippen LogP contribution in [0.1, 0.15) is 16.1 Å². The molecule has 1 aromatic heterocycles. The van der Waals surface area contributed by atoms with Crippen molar-refractivity contribution in [3.05, 3.63) is 29.6 Å². The van der Waals surface area contributed by atoms with E-state index in [1.807, 2.05) is 6.07 Å². The zero-order valence-corrected chi connectivity index (χ0v) is 9.06. The van der Waals surface area contributed by atoms with Crippen molar-refractivity contribution in [2.24, 2.45) is 0 Å². The normalized spacial score (nSPS) is 9.50. The van der Waals surface area contributed by atoms with Gasteiger partial charge >= 0.3 is 0 Å². The summed E-state index contributed by atoms with van der Waals surface area (Å²) in [6.07, 6.45) is 1.73. The number of amides is 1. The molecule has 1 N–H and O–H groups in total. The lowest BCUT2D eigenvalue weighted by Crippen LogP contribution is -2.27. The van der Waals surface area contributed by atoms with Crippen molar-refractivity contribution in [3.63, 3.8) is 0 Å². The Morgan fingerprint density at radius 1 is 1.69 bits per heavy atom. The van der Waals surface area contributed by atoms with Crippen molar-refractivity contribution in [2.75, 3.05) is 20.3 Å². The van der Waals surface area contributed by atoms with Crippen LogP contribution in [0.5, 0.6) is 0 Å². The van der Waals surface area contributed by atoms with Gasteiger partial charge in [-0.3, -0.25) is 9.78 Å². The molecular weight excluding hydrogens is 206 g/mol. The van der Waals surface area contributed by atoms with Gasteiger partial charge in [0.25, 0.3) is 5.91 Å². The Bertz CT molecular complexity index is 398. The number of carbonyl (C=O) groups excluding carboxylic acids is 1. The summed E-state index contributed by atoms with van der Waals surface area (Å²) < 4.78 is 4.82. The Labute approximate surface area is 94.1 Å². The van der Waals surface area contributed by atoms with Gasteiger partial charge in [0.05, 0.1) is 24.8 Å². The van der Waals surface area contributed by atoms with Crippen LogP contribution in [-0.2, 0) is 11.2 Å². The van der Waals surface area contributed by atoms with Crippen molar-refractivity contribution in [1.82, 2.24) is 10.3 Å². The van der Waals surface area contributed by atoms with E-state index >= 15 is 0 Å². The molecule has 84 valence electrons. The van der Waals surface area contributed by atoms with Gasteiger partial charge in [-0.2, -0.15) is 5.26 Å². The summed E-state index contributed by atoms with van der Waals surface area (Å²) in [4.78, 5) is 15.6. The van der Waals surface area contributed by atoms with E-state index in [2.05, 4.69) is 10.3 Å². The first-order valence-corrected chi connectivity index (χ1v) is 4.87. The van der Waals surface area contributed by atoms with Crippen LogP contribution in [0, 0.1) is 11.3 Å². The predicted molar refractivity (Wildman–Crippen MR) is 57.8 cm³/mol. The summed E-state index contributed by atoms with van der Waals surface area (Å²) in [6, 6.07) is 5.22. The molecule has 0 radical (unpaired) electrons. The second-order valence-corrected chi connectivity index (χ2v) is 3.12. The van der Waals surface area contributed by atoms with Crippen molar-refractivity contribution >= 4 is 5.91 Å². The molecule has 1 rings (SSSR count). The van der Waals surface area contributed by atoms with E-state index in [9.17, 15) is 4.79 Å². The molecule has 0 aliphatic heterocycles. The lowest BCUT2D eigenvalue weighted by atomic mass is 10.2.